The Labute approximate surface area is 65.1 Å². The average Bonchev–Trinajstić information content (AvgIpc) is 2.67. The minimum atomic E-state index is -0.539. The fourth-order valence-electron chi connectivity index (χ4n) is 0.748. The van der Waals surface area contributed by atoms with Crippen LogP contribution in [0.15, 0.2) is 0 Å². The van der Waals surface area contributed by atoms with Crippen LogP contribution in [0.25, 0.3) is 0 Å². The first-order valence-corrected chi connectivity index (χ1v) is 3.71. The third-order valence-corrected chi connectivity index (χ3v) is 1.73. The molecule has 0 radical (unpaired) electrons. The van der Waals surface area contributed by atoms with E-state index in [1.807, 2.05) is 0 Å². The van der Waals surface area contributed by atoms with Gasteiger partial charge in [0.1, 0.15) is 6.04 Å². The van der Waals surface area contributed by atoms with Crippen molar-refractivity contribution in [3.8, 4) is 0 Å². The summed E-state index contributed by atoms with van der Waals surface area (Å²) in [7, 11) is 0. The fraction of sp³-hybridized carbons (Fsp3) is 0.714. The van der Waals surface area contributed by atoms with Crippen molar-refractivity contribution in [1.82, 2.24) is 5.32 Å². The zero-order chi connectivity index (χ0) is 8.43. The molecule has 1 aliphatic carbocycles. The summed E-state index contributed by atoms with van der Waals surface area (Å²) in [5.74, 6) is -0.396. The lowest BCUT2D eigenvalue weighted by Gasteiger charge is -2.08. The van der Waals surface area contributed by atoms with E-state index in [1.165, 1.54) is 0 Å². The van der Waals surface area contributed by atoms with Gasteiger partial charge in [-0.2, -0.15) is 0 Å². The van der Waals surface area contributed by atoms with Gasteiger partial charge in [-0.25, -0.2) is 0 Å². The van der Waals surface area contributed by atoms with Crippen LogP contribution in [0.2, 0.25) is 0 Å². The third-order valence-electron chi connectivity index (χ3n) is 1.73. The van der Waals surface area contributed by atoms with Crippen molar-refractivity contribution >= 4 is 11.8 Å². The maximum atomic E-state index is 11.0. The molecule has 0 aromatic heterocycles. The topological polar surface area (TPSA) is 72.2 Å². The van der Waals surface area contributed by atoms with Crippen LogP contribution in [-0.2, 0) is 9.59 Å². The second kappa shape index (κ2) is 2.90. The number of rotatable bonds is 3. The normalized spacial score (nSPS) is 19.0. The second-order valence-corrected chi connectivity index (χ2v) is 2.91. The van der Waals surface area contributed by atoms with E-state index in [4.69, 9.17) is 5.73 Å². The lowest BCUT2D eigenvalue weighted by atomic mass is 10.3. The Balaban J connectivity index is 2.28. The number of hydrogen-bond donors (Lipinski definition) is 2. The third kappa shape index (κ3) is 2.22. The zero-order valence-electron chi connectivity index (χ0n) is 6.46. The van der Waals surface area contributed by atoms with Gasteiger partial charge in [-0.3, -0.25) is 9.59 Å². The number of primary amides is 1. The zero-order valence-corrected chi connectivity index (χ0v) is 6.46. The van der Waals surface area contributed by atoms with E-state index in [1.54, 1.807) is 6.92 Å². The van der Waals surface area contributed by atoms with Gasteiger partial charge in [0.25, 0.3) is 0 Å². The maximum absolute atomic E-state index is 11.0. The van der Waals surface area contributed by atoms with Gasteiger partial charge in [0.05, 0.1) is 0 Å². The van der Waals surface area contributed by atoms with Gasteiger partial charge >= 0.3 is 0 Å². The Morgan fingerprint density at radius 1 is 1.55 bits per heavy atom. The number of nitrogens with two attached hydrogens (primary N) is 1. The van der Waals surface area contributed by atoms with E-state index in [9.17, 15) is 9.59 Å². The monoisotopic (exact) mass is 156 g/mol. The molecular formula is C7H12N2O2. The SMILES string of the molecule is C[C@@H](NC(=O)C1CC1)C(N)=O. The van der Waals surface area contributed by atoms with E-state index < -0.39 is 11.9 Å². The van der Waals surface area contributed by atoms with E-state index in [-0.39, 0.29) is 11.8 Å². The minimum Gasteiger partial charge on any atom is -0.368 e. The largest absolute Gasteiger partial charge is 0.368 e. The molecule has 4 nitrogen and oxygen atoms in total. The molecule has 2 amide bonds. The fourth-order valence-corrected chi connectivity index (χ4v) is 0.748. The van der Waals surface area contributed by atoms with Crippen molar-refractivity contribution in [3.63, 3.8) is 0 Å². The van der Waals surface area contributed by atoms with Gasteiger partial charge < -0.3 is 11.1 Å². The van der Waals surface area contributed by atoms with Crippen LogP contribution in [0.4, 0.5) is 0 Å². The summed E-state index contributed by atoms with van der Waals surface area (Å²) < 4.78 is 0. The van der Waals surface area contributed by atoms with Gasteiger partial charge in [0, 0.05) is 5.92 Å². The highest BCUT2D eigenvalue weighted by Gasteiger charge is 2.30. The quantitative estimate of drug-likeness (QED) is 0.572. The van der Waals surface area contributed by atoms with Crippen molar-refractivity contribution in [2.45, 2.75) is 25.8 Å². The average molecular weight is 156 g/mol. The summed E-state index contributed by atoms with van der Waals surface area (Å²) in [5, 5.41) is 2.53. The summed E-state index contributed by atoms with van der Waals surface area (Å²) in [6.07, 6.45) is 1.88. The molecule has 1 fully saturated rings. The molecule has 0 aromatic rings. The number of nitrogens with one attached hydrogen (secondary N) is 1. The Bertz CT molecular complexity index is 187. The molecule has 11 heavy (non-hydrogen) atoms. The van der Waals surface area contributed by atoms with Gasteiger partial charge in [-0.1, -0.05) is 0 Å². The number of carbonyl (C=O) groups excluding carboxylic acids is 2. The van der Waals surface area contributed by atoms with Crippen molar-refractivity contribution in [1.29, 1.82) is 0 Å². The lowest BCUT2D eigenvalue weighted by molar-refractivity contribution is -0.127. The van der Waals surface area contributed by atoms with Crippen LogP contribution in [0.5, 0.6) is 0 Å². The van der Waals surface area contributed by atoms with E-state index in [0.29, 0.717) is 0 Å². The summed E-state index contributed by atoms with van der Waals surface area (Å²) in [6, 6.07) is -0.539. The summed E-state index contributed by atoms with van der Waals surface area (Å²) in [4.78, 5) is 21.5. The molecule has 1 rings (SSSR count). The van der Waals surface area contributed by atoms with Crippen molar-refractivity contribution in [3.05, 3.63) is 0 Å². The molecule has 0 unspecified atom stereocenters. The summed E-state index contributed by atoms with van der Waals surface area (Å²) in [5.41, 5.74) is 4.95. The van der Waals surface area contributed by atoms with Crippen LogP contribution < -0.4 is 11.1 Å². The standard InChI is InChI=1S/C7H12N2O2/c1-4(6(8)10)9-7(11)5-2-3-5/h4-5H,2-3H2,1H3,(H2,8,10)(H,9,11)/t4-/m1/s1. The first kappa shape index (κ1) is 8.04. The second-order valence-electron chi connectivity index (χ2n) is 2.91. The molecule has 1 saturated carbocycles. The van der Waals surface area contributed by atoms with Crippen LogP contribution >= 0.6 is 0 Å². The van der Waals surface area contributed by atoms with Crippen molar-refractivity contribution in [2.24, 2.45) is 11.7 Å². The molecule has 0 aliphatic heterocycles. The van der Waals surface area contributed by atoms with Gasteiger partial charge in [0.2, 0.25) is 11.8 Å². The molecule has 0 saturated heterocycles. The van der Waals surface area contributed by atoms with E-state index in [2.05, 4.69) is 5.32 Å². The maximum Gasteiger partial charge on any atom is 0.239 e. The molecule has 1 atom stereocenters. The highest BCUT2D eigenvalue weighted by molar-refractivity contribution is 5.88. The molecule has 0 spiro atoms. The molecular weight excluding hydrogens is 144 g/mol. The molecule has 0 heterocycles. The lowest BCUT2D eigenvalue weighted by Crippen LogP contribution is -2.42. The number of amides is 2. The van der Waals surface area contributed by atoms with Gasteiger partial charge in [-0.05, 0) is 19.8 Å². The molecule has 0 bridgehead atoms. The number of carbonyl (C=O) groups is 2. The van der Waals surface area contributed by atoms with Crippen molar-refractivity contribution in [2.75, 3.05) is 0 Å². The predicted octanol–water partition coefficient (Wildman–Crippen LogP) is -0.614. The van der Waals surface area contributed by atoms with Gasteiger partial charge in [-0.15, -0.1) is 0 Å². The van der Waals surface area contributed by atoms with Crippen LogP contribution in [0.1, 0.15) is 19.8 Å². The highest BCUT2D eigenvalue weighted by Crippen LogP contribution is 2.28. The smallest absolute Gasteiger partial charge is 0.239 e. The minimum absolute atomic E-state index is 0.0451. The van der Waals surface area contributed by atoms with Crippen molar-refractivity contribution < 1.29 is 9.59 Å². The molecule has 4 heteroatoms. The predicted molar refractivity (Wildman–Crippen MR) is 39.5 cm³/mol. The van der Waals surface area contributed by atoms with E-state index in [0.717, 1.165) is 12.8 Å². The first-order chi connectivity index (χ1) is 5.11. The Hall–Kier alpha value is -1.06. The van der Waals surface area contributed by atoms with E-state index >= 15 is 0 Å². The van der Waals surface area contributed by atoms with Gasteiger partial charge in [0.15, 0.2) is 0 Å². The van der Waals surface area contributed by atoms with Crippen LogP contribution in [-0.4, -0.2) is 17.9 Å². The summed E-state index contributed by atoms with van der Waals surface area (Å²) >= 11 is 0. The molecule has 3 N–H and O–H groups in total. The van der Waals surface area contributed by atoms with Crippen LogP contribution in [0, 0.1) is 5.92 Å². The Morgan fingerprint density at radius 3 is 2.45 bits per heavy atom. The molecule has 1 aliphatic rings. The Kier molecular flexibility index (Phi) is 2.12. The first-order valence-electron chi connectivity index (χ1n) is 3.71. The molecule has 0 aromatic carbocycles. The number of hydrogen-bond acceptors (Lipinski definition) is 2. The Morgan fingerprint density at radius 2 is 2.09 bits per heavy atom. The summed E-state index contributed by atoms with van der Waals surface area (Å²) in [6.45, 7) is 1.59. The highest BCUT2D eigenvalue weighted by atomic mass is 16.2. The molecule has 62 valence electrons. The van der Waals surface area contributed by atoms with Crippen LogP contribution in [0.3, 0.4) is 0 Å².